The molecule has 2 N–H and O–H groups in total. The van der Waals surface area contributed by atoms with Crippen LogP contribution in [0.25, 0.3) is 0 Å². The maximum atomic E-state index is 12.2. The Balaban J connectivity index is 1.73. The number of likely N-dealkylation sites (tertiary alicyclic amines) is 1. The number of nitrogens with two attached hydrogens (primary N) is 1. The number of carbonyl (C=O) groups is 1. The number of hydrogen-bond acceptors (Lipinski definition) is 3. The van der Waals surface area contributed by atoms with E-state index in [1.807, 2.05) is 11.9 Å². The topological polar surface area (TPSA) is 49.6 Å². The molecule has 1 atom stereocenters. The van der Waals surface area contributed by atoms with Crippen LogP contribution in [0.2, 0.25) is 0 Å². The van der Waals surface area contributed by atoms with Gasteiger partial charge >= 0.3 is 0 Å². The third kappa shape index (κ3) is 4.18. The number of amides is 1. The van der Waals surface area contributed by atoms with E-state index in [2.05, 4.69) is 11.8 Å². The molecule has 0 spiro atoms. The summed E-state index contributed by atoms with van der Waals surface area (Å²) in [6, 6.07) is 0.516. The molecule has 1 aliphatic carbocycles. The summed E-state index contributed by atoms with van der Waals surface area (Å²) in [6.07, 6.45) is 6.41. The van der Waals surface area contributed by atoms with Crippen molar-refractivity contribution >= 4 is 5.91 Å². The summed E-state index contributed by atoms with van der Waals surface area (Å²) in [7, 11) is 1.96. The van der Waals surface area contributed by atoms with Crippen molar-refractivity contribution in [3.05, 3.63) is 0 Å². The third-order valence-corrected chi connectivity index (χ3v) is 4.68. The van der Waals surface area contributed by atoms with E-state index in [9.17, 15) is 4.79 Å². The molecule has 1 heterocycles. The van der Waals surface area contributed by atoms with E-state index in [0.717, 1.165) is 25.9 Å². The summed E-state index contributed by atoms with van der Waals surface area (Å²) >= 11 is 0. The van der Waals surface area contributed by atoms with E-state index in [-0.39, 0.29) is 11.9 Å². The smallest absolute Gasteiger partial charge is 0.224 e. The Hall–Kier alpha value is -0.610. The number of carbonyl (C=O) groups excluding carboxylic acids is 1. The maximum absolute atomic E-state index is 12.2. The van der Waals surface area contributed by atoms with Crippen molar-refractivity contribution < 1.29 is 4.79 Å². The van der Waals surface area contributed by atoms with Gasteiger partial charge in [-0.25, -0.2) is 0 Å². The van der Waals surface area contributed by atoms with E-state index in [1.54, 1.807) is 0 Å². The van der Waals surface area contributed by atoms with Crippen LogP contribution < -0.4 is 5.73 Å². The molecule has 4 nitrogen and oxygen atoms in total. The van der Waals surface area contributed by atoms with E-state index in [4.69, 9.17) is 5.73 Å². The van der Waals surface area contributed by atoms with Gasteiger partial charge < -0.3 is 15.5 Å². The van der Waals surface area contributed by atoms with Gasteiger partial charge in [0.15, 0.2) is 0 Å². The van der Waals surface area contributed by atoms with Crippen LogP contribution in [0.1, 0.15) is 45.4 Å². The SMILES string of the molecule is CCCN1CCC(N(C)C(=O)CC(N)C2CC2)CC1. The molecular weight excluding hydrogens is 238 g/mol. The fourth-order valence-corrected chi connectivity index (χ4v) is 3.09. The Morgan fingerprint density at radius 2 is 1.95 bits per heavy atom. The van der Waals surface area contributed by atoms with Crippen molar-refractivity contribution in [2.75, 3.05) is 26.7 Å². The van der Waals surface area contributed by atoms with Gasteiger partial charge in [0.05, 0.1) is 0 Å². The summed E-state index contributed by atoms with van der Waals surface area (Å²) in [6.45, 7) is 5.67. The predicted molar refractivity (Wildman–Crippen MR) is 77.8 cm³/mol. The monoisotopic (exact) mass is 267 g/mol. The van der Waals surface area contributed by atoms with Crippen LogP contribution in [0.3, 0.4) is 0 Å². The molecular formula is C15H29N3O. The zero-order valence-electron chi connectivity index (χ0n) is 12.5. The van der Waals surface area contributed by atoms with Crippen LogP contribution >= 0.6 is 0 Å². The zero-order chi connectivity index (χ0) is 13.8. The summed E-state index contributed by atoms with van der Waals surface area (Å²) in [5.74, 6) is 0.858. The lowest BCUT2D eigenvalue weighted by Crippen LogP contribution is -2.46. The highest BCUT2D eigenvalue weighted by Crippen LogP contribution is 2.33. The second-order valence-corrected chi connectivity index (χ2v) is 6.28. The first-order valence-corrected chi connectivity index (χ1v) is 7.85. The summed E-state index contributed by atoms with van der Waals surface area (Å²) in [5, 5.41) is 0. The third-order valence-electron chi connectivity index (χ3n) is 4.68. The van der Waals surface area contributed by atoms with Gasteiger partial charge in [-0.2, -0.15) is 0 Å². The van der Waals surface area contributed by atoms with Crippen molar-refractivity contribution in [1.82, 2.24) is 9.80 Å². The van der Waals surface area contributed by atoms with Crippen LogP contribution in [0, 0.1) is 5.92 Å². The highest BCUT2D eigenvalue weighted by atomic mass is 16.2. The quantitative estimate of drug-likeness (QED) is 0.792. The lowest BCUT2D eigenvalue weighted by molar-refractivity contribution is -0.133. The average molecular weight is 267 g/mol. The predicted octanol–water partition coefficient (Wildman–Crippen LogP) is 1.45. The highest BCUT2D eigenvalue weighted by molar-refractivity contribution is 5.77. The molecule has 1 unspecified atom stereocenters. The molecule has 1 amide bonds. The van der Waals surface area contributed by atoms with Crippen LogP contribution in [-0.2, 0) is 4.79 Å². The van der Waals surface area contributed by atoms with Crippen LogP contribution in [0.4, 0.5) is 0 Å². The van der Waals surface area contributed by atoms with Gasteiger partial charge in [-0.3, -0.25) is 4.79 Å². The molecule has 1 aliphatic heterocycles. The molecule has 4 heteroatoms. The van der Waals surface area contributed by atoms with Gasteiger partial charge in [0.25, 0.3) is 0 Å². The van der Waals surface area contributed by atoms with Gasteiger partial charge in [0.1, 0.15) is 0 Å². The molecule has 1 saturated heterocycles. The summed E-state index contributed by atoms with van der Waals surface area (Å²) in [4.78, 5) is 16.7. The van der Waals surface area contributed by atoms with Gasteiger partial charge in [0, 0.05) is 38.6 Å². The molecule has 2 aliphatic rings. The van der Waals surface area contributed by atoms with Crippen molar-refractivity contribution in [3.63, 3.8) is 0 Å². The van der Waals surface area contributed by atoms with Crippen molar-refractivity contribution in [2.24, 2.45) is 11.7 Å². The number of hydrogen-bond donors (Lipinski definition) is 1. The number of rotatable bonds is 6. The lowest BCUT2D eigenvalue weighted by Gasteiger charge is -2.37. The fourth-order valence-electron chi connectivity index (χ4n) is 3.09. The van der Waals surface area contributed by atoms with Crippen LogP contribution in [0.5, 0.6) is 0 Å². The Morgan fingerprint density at radius 3 is 2.47 bits per heavy atom. The van der Waals surface area contributed by atoms with Crippen LogP contribution in [-0.4, -0.2) is 54.5 Å². The summed E-state index contributed by atoms with van der Waals surface area (Å²) < 4.78 is 0. The Bertz CT molecular complexity index is 296. The minimum absolute atomic E-state index is 0.0927. The van der Waals surface area contributed by atoms with E-state index in [1.165, 1.54) is 25.8 Å². The molecule has 1 saturated carbocycles. The number of nitrogens with zero attached hydrogens (tertiary/aromatic N) is 2. The van der Waals surface area contributed by atoms with Crippen LogP contribution in [0.15, 0.2) is 0 Å². The Labute approximate surface area is 117 Å². The first kappa shape index (κ1) is 14.8. The average Bonchev–Trinajstić information content (AvgIpc) is 3.23. The van der Waals surface area contributed by atoms with Crippen molar-refractivity contribution in [3.8, 4) is 0 Å². The molecule has 0 aromatic heterocycles. The molecule has 0 radical (unpaired) electrons. The molecule has 0 aromatic rings. The standard InChI is InChI=1S/C15H29N3O/c1-3-8-18-9-6-13(7-10-18)17(2)15(19)11-14(16)12-4-5-12/h12-14H,3-11,16H2,1-2H3. The van der Waals surface area contributed by atoms with Crippen molar-refractivity contribution in [1.29, 1.82) is 0 Å². The normalized spacial score (nSPS) is 23.3. The Kier molecular flexibility index (Phi) is 5.22. The second-order valence-electron chi connectivity index (χ2n) is 6.28. The van der Waals surface area contributed by atoms with Crippen molar-refractivity contribution in [2.45, 2.75) is 57.5 Å². The Morgan fingerprint density at radius 1 is 1.32 bits per heavy atom. The molecule has 0 aromatic carbocycles. The second kappa shape index (κ2) is 6.71. The summed E-state index contributed by atoms with van der Waals surface area (Å²) in [5.41, 5.74) is 6.05. The minimum Gasteiger partial charge on any atom is -0.343 e. The fraction of sp³-hybridized carbons (Fsp3) is 0.933. The van der Waals surface area contributed by atoms with Gasteiger partial charge in [-0.15, -0.1) is 0 Å². The molecule has 2 rings (SSSR count). The van der Waals surface area contributed by atoms with Gasteiger partial charge in [0.2, 0.25) is 5.91 Å². The molecule has 19 heavy (non-hydrogen) atoms. The maximum Gasteiger partial charge on any atom is 0.224 e. The van der Waals surface area contributed by atoms with E-state index >= 15 is 0 Å². The molecule has 110 valence electrons. The molecule has 0 bridgehead atoms. The molecule has 2 fully saturated rings. The minimum atomic E-state index is 0.0927. The lowest BCUT2D eigenvalue weighted by atomic mass is 10.0. The van der Waals surface area contributed by atoms with Gasteiger partial charge in [-0.05, 0) is 44.6 Å². The van der Waals surface area contributed by atoms with E-state index in [0.29, 0.717) is 18.4 Å². The highest BCUT2D eigenvalue weighted by Gasteiger charge is 2.32. The first-order valence-electron chi connectivity index (χ1n) is 7.85. The largest absolute Gasteiger partial charge is 0.343 e. The zero-order valence-corrected chi connectivity index (χ0v) is 12.5. The number of piperidine rings is 1. The van der Waals surface area contributed by atoms with E-state index < -0.39 is 0 Å². The van der Waals surface area contributed by atoms with Gasteiger partial charge in [-0.1, -0.05) is 6.92 Å². The first-order chi connectivity index (χ1) is 9.11.